The number of hydrogen-bond acceptors (Lipinski definition) is 5. The molecule has 32 heavy (non-hydrogen) atoms. The molecule has 168 valence electrons. The molecular weight excluding hydrogens is 402 g/mol. The Bertz CT molecular complexity index is 1180. The molecule has 1 aromatic heterocycles. The number of para-hydroxylation sites is 1. The van der Waals surface area contributed by atoms with Crippen LogP contribution in [0.2, 0.25) is 0 Å². The number of amides is 1. The molecule has 6 heteroatoms. The number of fused-ring (bicyclic) bond motifs is 1. The zero-order valence-electron chi connectivity index (χ0n) is 19.1. The molecule has 1 aliphatic heterocycles. The Hall–Kier alpha value is -2.96. The van der Waals surface area contributed by atoms with Gasteiger partial charge in [0.1, 0.15) is 5.58 Å². The van der Waals surface area contributed by atoms with Gasteiger partial charge in [0.15, 0.2) is 0 Å². The first-order chi connectivity index (χ1) is 15.4. The second-order valence-electron chi connectivity index (χ2n) is 8.65. The van der Waals surface area contributed by atoms with Gasteiger partial charge >= 0.3 is 5.63 Å². The van der Waals surface area contributed by atoms with E-state index in [0.717, 1.165) is 65.9 Å². The van der Waals surface area contributed by atoms with Crippen molar-refractivity contribution in [3.63, 3.8) is 0 Å². The number of piperazine rings is 1. The zero-order valence-corrected chi connectivity index (χ0v) is 19.1. The Morgan fingerprint density at radius 3 is 2.50 bits per heavy atom. The first-order valence-corrected chi connectivity index (χ1v) is 11.3. The van der Waals surface area contributed by atoms with Crippen LogP contribution in [0.5, 0.6) is 0 Å². The van der Waals surface area contributed by atoms with Crippen molar-refractivity contribution >= 4 is 22.6 Å². The molecule has 0 unspecified atom stereocenters. The highest BCUT2D eigenvalue weighted by atomic mass is 16.4. The molecule has 0 saturated carbocycles. The molecule has 2 aromatic carbocycles. The number of nitrogens with zero attached hydrogens (tertiary/aromatic N) is 2. The highest BCUT2D eigenvalue weighted by molar-refractivity contribution is 5.93. The van der Waals surface area contributed by atoms with Gasteiger partial charge in [0.25, 0.3) is 0 Å². The summed E-state index contributed by atoms with van der Waals surface area (Å²) in [4.78, 5) is 29.2. The van der Waals surface area contributed by atoms with Gasteiger partial charge in [-0.1, -0.05) is 37.3 Å². The molecule has 1 aliphatic rings. The van der Waals surface area contributed by atoms with Gasteiger partial charge in [-0.15, -0.1) is 0 Å². The smallest absolute Gasteiger partial charge is 0.336 e. The summed E-state index contributed by atoms with van der Waals surface area (Å²) in [6.45, 7) is 10.6. The standard InChI is InChI=1S/C26H31N3O3/c1-4-20-7-5-6-19(3)26(20)27-24(30)17-29-12-10-28(11-13-29)16-21-15-25(31)32-23-14-18(2)8-9-22(21)23/h5-9,14-15H,4,10-13,16-17H2,1-3H3,(H,27,30). The largest absolute Gasteiger partial charge is 0.423 e. The minimum absolute atomic E-state index is 0.0319. The van der Waals surface area contributed by atoms with E-state index in [1.807, 2.05) is 44.2 Å². The van der Waals surface area contributed by atoms with Gasteiger partial charge in [-0.05, 0) is 48.6 Å². The number of hydrogen-bond donors (Lipinski definition) is 1. The van der Waals surface area contributed by atoms with Crippen LogP contribution in [-0.4, -0.2) is 48.4 Å². The van der Waals surface area contributed by atoms with E-state index < -0.39 is 0 Å². The van der Waals surface area contributed by atoms with Crippen LogP contribution < -0.4 is 10.9 Å². The maximum absolute atomic E-state index is 12.7. The fraction of sp³-hybridized carbons (Fsp3) is 0.385. The lowest BCUT2D eigenvalue weighted by Crippen LogP contribution is -2.48. The van der Waals surface area contributed by atoms with E-state index >= 15 is 0 Å². The molecule has 4 rings (SSSR count). The third kappa shape index (κ3) is 5.09. The number of carbonyl (C=O) groups excluding carboxylic acids is 1. The van der Waals surface area contributed by atoms with Crippen molar-refractivity contribution in [2.24, 2.45) is 0 Å². The van der Waals surface area contributed by atoms with Crippen molar-refractivity contribution in [1.29, 1.82) is 0 Å². The average molecular weight is 434 g/mol. The van der Waals surface area contributed by atoms with Gasteiger partial charge < -0.3 is 9.73 Å². The van der Waals surface area contributed by atoms with E-state index in [2.05, 4.69) is 28.1 Å². The Morgan fingerprint density at radius 2 is 1.75 bits per heavy atom. The van der Waals surface area contributed by atoms with Gasteiger partial charge in [0.2, 0.25) is 5.91 Å². The Kier molecular flexibility index (Phi) is 6.72. The fourth-order valence-electron chi connectivity index (χ4n) is 4.40. The third-order valence-electron chi connectivity index (χ3n) is 6.22. The summed E-state index contributed by atoms with van der Waals surface area (Å²) in [5, 5.41) is 4.11. The first-order valence-electron chi connectivity index (χ1n) is 11.3. The van der Waals surface area contributed by atoms with Crippen LogP contribution in [0.1, 0.15) is 29.2 Å². The molecule has 1 fully saturated rings. The lowest BCUT2D eigenvalue weighted by atomic mass is 10.1. The topological polar surface area (TPSA) is 65.8 Å². The minimum Gasteiger partial charge on any atom is -0.423 e. The van der Waals surface area contributed by atoms with E-state index in [1.165, 1.54) is 0 Å². The van der Waals surface area contributed by atoms with Gasteiger partial charge in [0.05, 0.1) is 6.54 Å². The summed E-state index contributed by atoms with van der Waals surface area (Å²) >= 11 is 0. The fourth-order valence-corrected chi connectivity index (χ4v) is 4.40. The molecule has 3 aromatic rings. The predicted octanol–water partition coefficient (Wildman–Crippen LogP) is 3.73. The molecule has 0 atom stereocenters. The summed E-state index contributed by atoms with van der Waals surface area (Å²) in [5.74, 6) is 0.0319. The van der Waals surface area contributed by atoms with Crippen molar-refractivity contribution in [2.45, 2.75) is 33.7 Å². The number of benzene rings is 2. The van der Waals surface area contributed by atoms with Gasteiger partial charge in [-0.25, -0.2) is 4.79 Å². The molecule has 6 nitrogen and oxygen atoms in total. The van der Waals surface area contributed by atoms with Crippen LogP contribution in [0.25, 0.3) is 11.0 Å². The summed E-state index contributed by atoms with van der Waals surface area (Å²) in [6.07, 6.45) is 0.891. The van der Waals surface area contributed by atoms with Crippen LogP contribution in [-0.2, 0) is 17.8 Å². The van der Waals surface area contributed by atoms with Crippen LogP contribution in [0.3, 0.4) is 0 Å². The predicted molar refractivity (Wildman–Crippen MR) is 128 cm³/mol. The number of carbonyl (C=O) groups is 1. The molecule has 0 spiro atoms. The zero-order chi connectivity index (χ0) is 22.7. The van der Waals surface area contributed by atoms with E-state index in [1.54, 1.807) is 6.07 Å². The maximum Gasteiger partial charge on any atom is 0.336 e. The van der Waals surface area contributed by atoms with Gasteiger partial charge in [-0.3, -0.25) is 14.6 Å². The molecule has 1 saturated heterocycles. The molecular formula is C26H31N3O3. The van der Waals surface area contributed by atoms with Crippen LogP contribution in [0, 0.1) is 13.8 Å². The van der Waals surface area contributed by atoms with E-state index in [-0.39, 0.29) is 11.5 Å². The van der Waals surface area contributed by atoms with E-state index in [0.29, 0.717) is 18.7 Å². The molecule has 1 amide bonds. The molecule has 2 heterocycles. The van der Waals surface area contributed by atoms with Crippen molar-refractivity contribution in [3.8, 4) is 0 Å². The summed E-state index contributed by atoms with van der Waals surface area (Å²) in [5.41, 5.74) is 5.61. The third-order valence-corrected chi connectivity index (χ3v) is 6.22. The highest BCUT2D eigenvalue weighted by Gasteiger charge is 2.21. The number of anilines is 1. The van der Waals surface area contributed by atoms with E-state index in [4.69, 9.17) is 4.42 Å². The Labute approximate surface area is 188 Å². The first kappa shape index (κ1) is 22.2. The molecule has 0 bridgehead atoms. The second kappa shape index (κ2) is 9.67. The normalized spacial score (nSPS) is 15.2. The van der Waals surface area contributed by atoms with Crippen LogP contribution >= 0.6 is 0 Å². The summed E-state index contributed by atoms with van der Waals surface area (Å²) in [7, 11) is 0. The lowest BCUT2D eigenvalue weighted by Gasteiger charge is -2.34. The number of aryl methyl sites for hydroxylation is 3. The Balaban J connectivity index is 1.35. The van der Waals surface area contributed by atoms with Crippen LogP contribution in [0.15, 0.2) is 51.7 Å². The lowest BCUT2D eigenvalue weighted by molar-refractivity contribution is -0.117. The summed E-state index contributed by atoms with van der Waals surface area (Å²) in [6, 6.07) is 13.7. The quantitative estimate of drug-likeness (QED) is 0.600. The van der Waals surface area contributed by atoms with Gasteiger partial charge in [0, 0.05) is 49.9 Å². The number of nitrogens with one attached hydrogen (secondary N) is 1. The molecule has 1 N–H and O–H groups in total. The minimum atomic E-state index is -0.309. The van der Waals surface area contributed by atoms with E-state index in [9.17, 15) is 9.59 Å². The monoisotopic (exact) mass is 433 g/mol. The number of rotatable bonds is 6. The van der Waals surface area contributed by atoms with Gasteiger partial charge in [-0.2, -0.15) is 0 Å². The van der Waals surface area contributed by atoms with Crippen LogP contribution in [0.4, 0.5) is 5.69 Å². The van der Waals surface area contributed by atoms with Crippen molar-refractivity contribution in [1.82, 2.24) is 9.80 Å². The van der Waals surface area contributed by atoms with Crippen molar-refractivity contribution in [2.75, 3.05) is 38.0 Å². The SMILES string of the molecule is CCc1cccc(C)c1NC(=O)CN1CCN(Cc2cc(=O)oc3cc(C)ccc23)CC1. The second-order valence-corrected chi connectivity index (χ2v) is 8.65. The highest BCUT2D eigenvalue weighted by Crippen LogP contribution is 2.22. The maximum atomic E-state index is 12.7. The van der Waals surface area contributed by atoms with Crippen molar-refractivity contribution in [3.05, 3.63) is 75.1 Å². The molecule has 0 aliphatic carbocycles. The average Bonchev–Trinajstić information content (AvgIpc) is 2.76. The Morgan fingerprint density at radius 1 is 1.00 bits per heavy atom. The van der Waals surface area contributed by atoms with Crippen molar-refractivity contribution < 1.29 is 9.21 Å². The molecule has 0 radical (unpaired) electrons. The summed E-state index contributed by atoms with van der Waals surface area (Å²) < 4.78 is 5.38.